The molecule has 1 aromatic rings. The molecule has 4 nitrogen and oxygen atoms in total. The van der Waals surface area contributed by atoms with Crippen LogP contribution in [0.25, 0.3) is 0 Å². The van der Waals surface area contributed by atoms with E-state index in [0.717, 1.165) is 36.8 Å². The van der Waals surface area contributed by atoms with E-state index in [1.807, 2.05) is 18.4 Å². The van der Waals surface area contributed by atoms with Gasteiger partial charge in [0, 0.05) is 12.6 Å². The molecular formula is C13H21N3OS. The number of ether oxygens (including phenoxy) is 1. The predicted molar refractivity (Wildman–Crippen MR) is 77.5 cm³/mol. The molecule has 0 amide bonds. The van der Waals surface area contributed by atoms with E-state index in [-0.39, 0.29) is 0 Å². The minimum Gasteiger partial charge on any atom is -0.477 e. The van der Waals surface area contributed by atoms with E-state index < -0.39 is 0 Å². The third kappa shape index (κ3) is 5.40. The molecule has 1 rings (SSSR count). The molecule has 0 saturated carbocycles. The predicted octanol–water partition coefficient (Wildman–Crippen LogP) is 3.37. The van der Waals surface area contributed by atoms with Crippen molar-refractivity contribution < 1.29 is 4.74 Å². The number of rotatable bonds is 9. The van der Waals surface area contributed by atoms with Gasteiger partial charge in [-0.25, -0.2) is 4.98 Å². The fourth-order valence-corrected chi connectivity index (χ4v) is 1.69. The molecule has 0 aromatic carbocycles. The topological polar surface area (TPSA) is 47.0 Å². The molecule has 0 unspecified atom stereocenters. The molecule has 0 atom stereocenters. The Hall–Kier alpha value is -1.23. The largest absolute Gasteiger partial charge is 0.477 e. The Kier molecular flexibility index (Phi) is 7.25. The van der Waals surface area contributed by atoms with Gasteiger partial charge in [0.25, 0.3) is 0 Å². The number of nitrogens with one attached hydrogen (secondary N) is 1. The van der Waals surface area contributed by atoms with Crippen molar-refractivity contribution in [2.24, 2.45) is 0 Å². The Labute approximate surface area is 113 Å². The summed E-state index contributed by atoms with van der Waals surface area (Å²) in [6.45, 7) is 7.37. The highest BCUT2D eigenvalue weighted by atomic mass is 32.2. The van der Waals surface area contributed by atoms with Gasteiger partial charge >= 0.3 is 0 Å². The third-order valence-electron chi connectivity index (χ3n) is 2.22. The maximum Gasteiger partial charge on any atom is 0.219 e. The van der Waals surface area contributed by atoms with Gasteiger partial charge < -0.3 is 10.1 Å². The first-order valence-corrected chi connectivity index (χ1v) is 7.43. The molecule has 0 spiro atoms. The van der Waals surface area contributed by atoms with E-state index in [0.29, 0.717) is 12.5 Å². The number of allylic oxidation sites excluding steroid dienone is 1. The third-order valence-corrected chi connectivity index (χ3v) is 2.77. The van der Waals surface area contributed by atoms with Gasteiger partial charge in [0.05, 0.1) is 6.61 Å². The van der Waals surface area contributed by atoms with Crippen LogP contribution in [-0.4, -0.2) is 29.4 Å². The Morgan fingerprint density at radius 1 is 1.50 bits per heavy atom. The van der Waals surface area contributed by atoms with Crippen LogP contribution in [0.15, 0.2) is 23.9 Å². The zero-order chi connectivity index (χ0) is 13.2. The molecule has 0 bridgehead atoms. The lowest BCUT2D eigenvalue weighted by molar-refractivity contribution is 0.297. The molecule has 18 heavy (non-hydrogen) atoms. The van der Waals surface area contributed by atoms with Crippen LogP contribution in [-0.2, 0) is 0 Å². The highest BCUT2D eigenvalue weighted by Gasteiger charge is 2.04. The summed E-state index contributed by atoms with van der Waals surface area (Å²) >= 11 is 1.52. The van der Waals surface area contributed by atoms with Crippen molar-refractivity contribution >= 4 is 17.6 Å². The first-order valence-electron chi connectivity index (χ1n) is 6.20. The number of thioether (sulfide) groups is 1. The lowest BCUT2D eigenvalue weighted by Gasteiger charge is -2.09. The Bertz CT molecular complexity index is 371. The van der Waals surface area contributed by atoms with E-state index in [1.165, 1.54) is 11.8 Å². The highest BCUT2D eigenvalue weighted by Crippen LogP contribution is 2.19. The van der Waals surface area contributed by atoms with Crippen molar-refractivity contribution in [3.8, 4) is 5.88 Å². The van der Waals surface area contributed by atoms with E-state index >= 15 is 0 Å². The zero-order valence-electron chi connectivity index (χ0n) is 11.1. The van der Waals surface area contributed by atoms with Crippen molar-refractivity contribution in [2.75, 3.05) is 24.7 Å². The number of hydrogen-bond acceptors (Lipinski definition) is 5. The summed E-state index contributed by atoms with van der Waals surface area (Å²) in [5, 5.41) is 3.98. The molecule has 0 fully saturated rings. The van der Waals surface area contributed by atoms with E-state index in [9.17, 15) is 0 Å². The SMILES string of the molecule is C=CCCCOc1cc(NCCC)nc(SC)n1. The van der Waals surface area contributed by atoms with Crippen LogP contribution in [0.4, 0.5) is 5.82 Å². The minimum atomic E-state index is 0.636. The van der Waals surface area contributed by atoms with Crippen molar-refractivity contribution in [2.45, 2.75) is 31.3 Å². The summed E-state index contributed by atoms with van der Waals surface area (Å²) in [4.78, 5) is 8.70. The second kappa shape index (κ2) is 8.80. The summed E-state index contributed by atoms with van der Waals surface area (Å²) in [5.41, 5.74) is 0. The number of anilines is 1. The molecule has 0 aliphatic carbocycles. The van der Waals surface area contributed by atoms with Crippen LogP contribution in [0, 0.1) is 0 Å². The second-order valence-electron chi connectivity index (χ2n) is 3.78. The quantitative estimate of drug-likeness (QED) is 0.322. The van der Waals surface area contributed by atoms with E-state index in [1.54, 1.807) is 0 Å². The fourth-order valence-electron chi connectivity index (χ4n) is 1.32. The average molecular weight is 267 g/mol. The van der Waals surface area contributed by atoms with Gasteiger partial charge in [-0.3, -0.25) is 0 Å². The summed E-state index contributed by atoms with van der Waals surface area (Å²) in [7, 11) is 0. The number of hydrogen-bond donors (Lipinski definition) is 1. The molecule has 0 saturated heterocycles. The monoisotopic (exact) mass is 267 g/mol. The lowest BCUT2D eigenvalue weighted by Crippen LogP contribution is -2.05. The Morgan fingerprint density at radius 2 is 2.33 bits per heavy atom. The average Bonchev–Trinajstić information content (AvgIpc) is 2.41. The van der Waals surface area contributed by atoms with Gasteiger partial charge in [-0.2, -0.15) is 4.98 Å². The maximum atomic E-state index is 5.62. The first kappa shape index (κ1) is 14.8. The van der Waals surface area contributed by atoms with Gasteiger partial charge in [0.15, 0.2) is 5.16 Å². The van der Waals surface area contributed by atoms with Crippen molar-refractivity contribution in [1.29, 1.82) is 0 Å². The number of aromatic nitrogens is 2. The maximum absolute atomic E-state index is 5.62. The summed E-state index contributed by atoms with van der Waals surface area (Å²) in [5.74, 6) is 1.46. The van der Waals surface area contributed by atoms with Gasteiger partial charge in [0.1, 0.15) is 5.82 Å². The first-order chi connectivity index (χ1) is 8.80. The van der Waals surface area contributed by atoms with Crippen LogP contribution >= 0.6 is 11.8 Å². The molecule has 5 heteroatoms. The smallest absolute Gasteiger partial charge is 0.219 e. The van der Waals surface area contributed by atoms with Crippen LogP contribution in [0.1, 0.15) is 26.2 Å². The van der Waals surface area contributed by atoms with E-state index in [2.05, 4.69) is 28.8 Å². The molecule has 0 radical (unpaired) electrons. The van der Waals surface area contributed by atoms with Crippen molar-refractivity contribution in [3.63, 3.8) is 0 Å². The van der Waals surface area contributed by atoms with Crippen LogP contribution in [0.5, 0.6) is 5.88 Å². The number of unbranched alkanes of at least 4 members (excludes halogenated alkanes) is 1. The minimum absolute atomic E-state index is 0.636. The summed E-state index contributed by atoms with van der Waals surface area (Å²) in [6.07, 6.45) is 6.83. The fraction of sp³-hybridized carbons (Fsp3) is 0.538. The molecule has 0 aliphatic heterocycles. The lowest BCUT2D eigenvalue weighted by atomic mass is 10.3. The molecule has 1 N–H and O–H groups in total. The Morgan fingerprint density at radius 3 is 3.00 bits per heavy atom. The highest BCUT2D eigenvalue weighted by molar-refractivity contribution is 7.98. The van der Waals surface area contributed by atoms with Crippen LogP contribution in [0.3, 0.4) is 0 Å². The normalized spacial score (nSPS) is 10.1. The standard InChI is InChI=1S/C13H21N3OS/c1-4-6-7-9-17-12-10-11(14-8-5-2)15-13(16-12)18-3/h4,10H,1,5-9H2,2-3H3,(H,14,15,16). The summed E-state index contributed by atoms with van der Waals surface area (Å²) < 4.78 is 5.62. The van der Waals surface area contributed by atoms with Crippen LogP contribution in [0.2, 0.25) is 0 Å². The molecular weight excluding hydrogens is 246 g/mol. The van der Waals surface area contributed by atoms with Gasteiger partial charge in [-0.05, 0) is 25.5 Å². The Balaban J connectivity index is 2.61. The van der Waals surface area contributed by atoms with E-state index in [4.69, 9.17) is 4.74 Å². The van der Waals surface area contributed by atoms with Gasteiger partial charge in [0.2, 0.25) is 5.88 Å². The summed E-state index contributed by atoms with van der Waals surface area (Å²) in [6, 6.07) is 1.85. The second-order valence-corrected chi connectivity index (χ2v) is 4.56. The van der Waals surface area contributed by atoms with Gasteiger partial charge in [-0.1, -0.05) is 24.8 Å². The molecule has 1 aromatic heterocycles. The molecule has 100 valence electrons. The molecule has 1 heterocycles. The van der Waals surface area contributed by atoms with Gasteiger partial charge in [-0.15, -0.1) is 6.58 Å². The molecule has 0 aliphatic rings. The van der Waals surface area contributed by atoms with Crippen molar-refractivity contribution in [1.82, 2.24) is 9.97 Å². The van der Waals surface area contributed by atoms with Crippen LogP contribution < -0.4 is 10.1 Å². The zero-order valence-corrected chi connectivity index (χ0v) is 11.9. The number of nitrogens with zero attached hydrogens (tertiary/aromatic N) is 2. The van der Waals surface area contributed by atoms with Crippen molar-refractivity contribution in [3.05, 3.63) is 18.7 Å².